The second kappa shape index (κ2) is 9.38. The van der Waals surface area contributed by atoms with Gasteiger partial charge < -0.3 is 5.32 Å². The van der Waals surface area contributed by atoms with Crippen molar-refractivity contribution in [2.24, 2.45) is 0 Å². The molecule has 0 radical (unpaired) electrons. The van der Waals surface area contributed by atoms with Crippen LogP contribution < -0.4 is 9.62 Å². The van der Waals surface area contributed by atoms with Gasteiger partial charge in [-0.05, 0) is 42.8 Å². The number of carbonyl (C=O) groups excluding carboxylic acids is 1. The Kier molecular flexibility index (Phi) is 7.21. The summed E-state index contributed by atoms with van der Waals surface area (Å²) in [6.45, 7) is 2.78. The third-order valence-corrected chi connectivity index (χ3v) is 6.01. The average Bonchev–Trinajstić information content (AvgIpc) is 2.67. The van der Waals surface area contributed by atoms with Crippen LogP contribution in [0, 0.1) is 0 Å². The Morgan fingerprint density at radius 2 is 1.62 bits per heavy atom. The molecule has 6 heteroatoms. The number of rotatable bonds is 9. The maximum atomic E-state index is 12.7. The van der Waals surface area contributed by atoms with Crippen LogP contribution in [0.3, 0.4) is 0 Å². The zero-order valence-corrected chi connectivity index (χ0v) is 16.1. The summed E-state index contributed by atoms with van der Waals surface area (Å²) in [7, 11) is -2.14. The van der Waals surface area contributed by atoms with Crippen LogP contribution in [0.15, 0.2) is 59.5 Å². The van der Waals surface area contributed by atoms with E-state index in [0.29, 0.717) is 17.8 Å². The van der Waals surface area contributed by atoms with Crippen molar-refractivity contribution in [1.82, 2.24) is 5.32 Å². The summed E-state index contributed by atoms with van der Waals surface area (Å²) < 4.78 is 26.7. The van der Waals surface area contributed by atoms with Gasteiger partial charge in [0, 0.05) is 19.2 Å². The number of nitrogens with one attached hydrogen (secondary N) is 1. The van der Waals surface area contributed by atoms with Crippen molar-refractivity contribution in [2.45, 2.75) is 37.5 Å². The van der Waals surface area contributed by atoms with Crippen molar-refractivity contribution in [3.8, 4) is 0 Å². The fourth-order valence-electron chi connectivity index (χ4n) is 2.57. The monoisotopic (exact) mass is 374 g/mol. The summed E-state index contributed by atoms with van der Waals surface area (Å²) >= 11 is 0. The highest BCUT2D eigenvalue weighted by Crippen LogP contribution is 2.21. The van der Waals surface area contributed by atoms with Crippen LogP contribution in [0.25, 0.3) is 0 Å². The van der Waals surface area contributed by atoms with Crippen LogP contribution >= 0.6 is 0 Å². The van der Waals surface area contributed by atoms with E-state index < -0.39 is 10.0 Å². The number of carbonyl (C=O) groups is 1. The van der Waals surface area contributed by atoms with E-state index in [1.807, 2.05) is 6.07 Å². The van der Waals surface area contributed by atoms with Gasteiger partial charge in [-0.2, -0.15) is 0 Å². The van der Waals surface area contributed by atoms with Gasteiger partial charge in [0.1, 0.15) is 0 Å². The highest BCUT2D eigenvalue weighted by atomic mass is 32.2. The molecule has 140 valence electrons. The van der Waals surface area contributed by atoms with E-state index in [1.165, 1.54) is 23.5 Å². The van der Waals surface area contributed by atoms with Gasteiger partial charge in [-0.15, -0.1) is 0 Å². The first kappa shape index (κ1) is 20.0. The average molecular weight is 375 g/mol. The Morgan fingerprint density at radius 3 is 2.23 bits per heavy atom. The summed E-state index contributed by atoms with van der Waals surface area (Å²) in [6, 6.07) is 14.9. The molecular formula is C20H26N2O3S. The lowest BCUT2D eigenvalue weighted by Gasteiger charge is -2.19. The minimum absolute atomic E-state index is 0.156. The van der Waals surface area contributed by atoms with Crippen LogP contribution in [-0.2, 0) is 10.0 Å². The molecule has 1 N–H and O–H groups in total. The van der Waals surface area contributed by atoms with Crippen molar-refractivity contribution in [3.05, 3.63) is 60.2 Å². The van der Waals surface area contributed by atoms with Gasteiger partial charge in [-0.1, -0.05) is 44.4 Å². The Morgan fingerprint density at radius 1 is 0.962 bits per heavy atom. The maximum absolute atomic E-state index is 12.7. The first-order chi connectivity index (χ1) is 12.5. The normalized spacial score (nSPS) is 11.2. The summed E-state index contributed by atoms with van der Waals surface area (Å²) in [5.74, 6) is -0.179. The molecule has 0 saturated heterocycles. The van der Waals surface area contributed by atoms with Crippen LogP contribution in [0.5, 0.6) is 0 Å². The van der Waals surface area contributed by atoms with Gasteiger partial charge >= 0.3 is 0 Å². The zero-order valence-electron chi connectivity index (χ0n) is 15.3. The number of nitrogens with zero attached hydrogens (tertiary/aromatic N) is 1. The van der Waals surface area contributed by atoms with Crippen molar-refractivity contribution >= 4 is 21.6 Å². The number of hydrogen-bond acceptors (Lipinski definition) is 3. The van der Waals surface area contributed by atoms with E-state index in [9.17, 15) is 13.2 Å². The summed E-state index contributed by atoms with van der Waals surface area (Å²) in [5.41, 5.74) is 1.04. The zero-order chi connectivity index (χ0) is 19.0. The molecule has 0 aliphatic heterocycles. The standard InChI is InChI=1S/C20H26N2O3S/c1-3-4-5-9-16-21-20(23)17-12-14-19(15-13-17)26(24,25)22(2)18-10-7-6-8-11-18/h6-8,10-15H,3-5,9,16H2,1-2H3,(H,21,23). The van der Waals surface area contributed by atoms with Gasteiger partial charge in [0.2, 0.25) is 0 Å². The number of sulfonamides is 1. The van der Waals surface area contributed by atoms with Gasteiger partial charge in [0.25, 0.3) is 15.9 Å². The van der Waals surface area contributed by atoms with Crippen molar-refractivity contribution in [3.63, 3.8) is 0 Å². The predicted octanol–water partition coefficient (Wildman–Crippen LogP) is 3.82. The molecule has 0 aliphatic carbocycles. The van der Waals surface area contributed by atoms with Crippen LogP contribution in [0.1, 0.15) is 43.0 Å². The largest absolute Gasteiger partial charge is 0.352 e. The van der Waals surface area contributed by atoms with Gasteiger partial charge in [-0.3, -0.25) is 9.10 Å². The molecular weight excluding hydrogens is 348 g/mol. The predicted molar refractivity (Wildman–Crippen MR) is 105 cm³/mol. The molecule has 0 heterocycles. The van der Waals surface area contributed by atoms with E-state index in [2.05, 4.69) is 12.2 Å². The van der Waals surface area contributed by atoms with E-state index in [1.54, 1.807) is 36.4 Å². The molecule has 0 atom stereocenters. The molecule has 1 amide bonds. The van der Waals surface area contributed by atoms with Gasteiger partial charge in [0.05, 0.1) is 10.6 Å². The van der Waals surface area contributed by atoms with E-state index in [4.69, 9.17) is 0 Å². The molecule has 0 unspecified atom stereocenters. The Balaban J connectivity index is 2.03. The number of hydrogen-bond donors (Lipinski definition) is 1. The molecule has 2 aromatic rings. The fraction of sp³-hybridized carbons (Fsp3) is 0.350. The molecule has 0 aliphatic rings. The second-order valence-electron chi connectivity index (χ2n) is 6.15. The Hall–Kier alpha value is -2.34. The number of para-hydroxylation sites is 1. The SMILES string of the molecule is CCCCCCNC(=O)c1ccc(S(=O)(=O)N(C)c2ccccc2)cc1. The highest BCUT2D eigenvalue weighted by molar-refractivity contribution is 7.92. The summed E-state index contributed by atoms with van der Waals surface area (Å²) in [5, 5.41) is 2.87. The number of amides is 1. The lowest BCUT2D eigenvalue weighted by Crippen LogP contribution is -2.27. The molecule has 0 aromatic heterocycles. The van der Waals surface area contributed by atoms with Crippen LogP contribution in [-0.4, -0.2) is 27.9 Å². The number of unbranched alkanes of at least 4 members (excludes halogenated alkanes) is 3. The third kappa shape index (κ3) is 5.08. The third-order valence-electron chi connectivity index (χ3n) is 4.21. The summed E-state index contributed by atoms with van der Waals surface area (Å²) in [6.07, 6.45) is 4.37. The molecule has 0 fully saturated rings. The van der Waals surface area contributed by atoms with E-state index in [0.717, 1.165) is 25.7 Å². The van der Waals surface area contributed by atoms with E-state index >= 15 is 0 Å². The first-order valence-corrected chi connectivity index (χ1v) is 10.3. The topological polar surface area (TPSA) is 66.5 Å². The summed E-state index contributed by atoms with van der Waals surface area (Å²) in [4.78, 5) is 12.3. The molecule has 0 bridgehead atoms. The quantitative estimate of drug-likeness (QED) is 0.679. The van der Waals surface area contributed by atoms with Crippen molar-refractivity contribution in [2.75, 3.05) is 17.9 Å². The Bertz CT molecular complexity index is 803. The first-order valence-electron chi connectivity index (χ1n) is 8.89. The van der Waals surface area contributed by atoms with Gasteiger partial charge in [0.15, 0.2) is 0 Å². The molecule has 0 saturated carbocycles. The van der Waals surface area contributed by atoms with Crippen LogP contribution in [0.4, 0.5) is 5.69 Å². The molecule has 26 heavy (non-hydrogen) atoms. The minimum atomic E-state index is -3.66. The fourth-order valence-corrected chi connectivity index (χ4v) is 3.76. The highest BCUT2D eigenvalue weighted by Gasteiger charge is 2.21. The molecule has 5 nitrogen and oxygen atoms in total. The molecule has 2 aromatic carbocycles. The maximum Gasteiger partial charge on any atom is 0.264 e. The lowest BCUT2D eigenvalue weighted by atomic mass is 10.2. The second-order valence-corrected chi connectivity index (χ2v) is 8.12. The van der Waals surface area contributed by atoms with Crippen molar-refractivity contribution < 1.29 is 13.2 Å². The van der Waals surface area contributed by atoms with Crippen molar-refractivity contribution in [1.29, 1.82) is 0 Å². The number of benzene rings is 2. The smallest absolute Gasteiger partial charge is 0.264 e. The Labute approximate surface area is 156 Å². The molecule has 2 rings (SSSR count). The molecule has 0 spiro atoms. The van der Waals surface area contributed by atoms with E-state index in [-0.39, 0.29) is 10.8 Å². The van der Waals surface area contributed by atoms with Crippen LogP contribution in [0.2, 0.25) is 0 Å². The lowest BCUT2D eigenvalue weighted by molar-refractivity contribution is 0.0953. The van der Waals surface area contributed by atoms with Gasteiger partial charge in [-0.25, -0.2) is 8.42 Å². The minimum Gasteiger partial charge on any atom is -0.352 e. The number of anilines is 1.